The molecule has 60 heavy (non-hydrogen) atoms. The lowest BCUT2D eigenvalue weighted by Crippen LogP contribution is -1.87. The Morgan fingerprint density at radius 1 is 0.150 bits per heavy atom. The van der Waals surface area contributed by atoms with Gasteiger partial charge in [0.25, 0.3) is 0 Å². The summed E-state index contributed by atoms with van der Waals surface area (Å²) in [7, 11) is 0. The maximum absolute atomic E-state index is 2.36. The van der Waals surface area contributed by atoms with Gasteiger partial charge in [0.05, 0.1) is 0 Å². The van der Waals surface area contributed by atoms with Crippen molar-refractivity contribution in [3.63, 3.8) is 0 Å². The first-order valence-corrected chi connectivity index (χ1v) is 29.8. The third-order valence-electron chi connectivity index (χ3n) is 14.4. The molecular weight excluding hydrogens is 721 g/mol. The van der Waals surface area contributed by atoms with Gasteiger partial charge in [-0.25, -0.2) is 0 Å². The molecular formula is C60H122. The fourth-order valence-corrected chi connectivity index (χ4v) is 9.99. The lowest BCUT2D eigenvalue weighted by molar-refractivity contribution is 0.500. The molecule has 362 valence electrons. The molecule has 0 atom stereocenters. The first-order valence-electron chi connectivity index (χ1n) is 29.8. The summed E-state index contributed by atoms with van der Waals surface area (Å²) in [5, 5.41) is 0. The quantitative estimate of drug-likeness (QED) is 0.0535. The lowest BCUT2D eigenvalue weighted by Gasteiger charge is -2.05. The van der Waals surface area contributed by atoms with E-state index in [1.165, 1.54) is 360 Å². The van der Waals surface area contributed by atoms with Crippen LogP contribution in [0.25, 0.3) is 0 Å². The van der Waals surface area contributed by atoms with Crippen LogP contribution in [0.5, 0.6) is 0 Å². The van der Waals surface area contributed by atoms with Crippen LogP contribution in [0.2, 0.25) is 0 Å². The summed E-state index contributed by atoms with van der Waals surface area (Å²) in [6.45, 7) is 7.03. The van der Waals surface area contributed by atoms with Gasteiger partial charge in [-0.1, -0.05) is 380 Å². The highest BCUT2D eigenvalue weighted by atomic mass is 14.1. The van der Waals surface area contributed by atoms with E-state index < -0.39 is 0 Å². The van der Waals surface area contributed by atoms with Crippen LogP contribution >= 0.6 is 0 Å². The van der Waals surface area contributed by atoms with Gasteiger partial charge in [-0.3, -0.25) is 0 Å². The summed E-state index contributed by atoms with van der Waals surface area (Å²) < 4.78 is 0. The summed E-state index contributed by atoms with van der Waals surface area (Å²) >= 11 is 0. The average molecular weight is 844 g/mol. The monoisotopic (exact) mass is 843 g/mol. The van der Waals surface area contributed by atoms with Crippen LogP contribution < -0.4 is 0 Å². The normalized spacial score (nSPS) is 11.8. The van der Waals surface area contributed by atoms with Crippen LogP contribution in [0, 0.1) is 5.92 Å². The minimum absolute atomic E-state index is 0.895. The Morgan fingerprint density at radius 2 is 0.250 bits per heavy atom. The highest BCUT2D eigenvalue weighted by Crippen LogP contribution is 2.19. The molecule has 0 unspecified atom stereocenters. The molecule has 0 aliphatic carbocycles. The minimum atomic E-state index is 0.895. The fourth-order valence-electron chi connectivity index (χ4n) is 9.99. The van der Waals surface area contributed by atoms with Crippen molar-refractivity contribution < 1.29 is 0 Å². The van der Waals surface area contributed by atoms with Crippen molar-refractivity contribution in [3.8, 4) is 0 Å². The fraction of sp³-hybridized carbons (Fsp3) is 1.00. The van der Waals surface area contributed by atoms with Crippen molar-refractivity contribution in [1.82, 2.24) is 0 Å². The van der Waals surface area contributed by atoms with Gasteiger partial charge in [-0.2, -0.15) is 0 Å². The summed E-state index contributed by atoms with van der Waals surface area (Å²) in [6.07, 6.45) is 83.4. The Hall–Kier alpha value is 0. The number of rotatable bonds is 56. The third kappa shape index (κ3) is 58.0. The van der Waals surface area contributed by atoms with Crippen molar-refractivity contribution in [3.05, 3.63) is 0 Å². The molecule has 0 saturated heterocycles. The van der Waals surface area contributed by atoms with Gasteiger partial charge in [0, 0.05) is 0 Å². The molecule has 0 radical (unpaired) electrons. The molecule has 0 aliphatic heterocycles. The molecule has 0 bridgehead atoms. The maximum Gasteiger partial charge on any atom is -0.0471 e. The molecule has 0 saturated carbocycles. The second kappa shape index (κ2) is 57.0. The van der Waals surface area contributed by atoms with Gasteiger partial charge in [0.2, 0.25) is 0 Å². The third-order valence-corrected chi connectivity index (χ3v) is 14.4. The molecule has 0 rings (SSSR count). The van der Waals surface area contributed by atoms with Crippen LogP contribution in [0.15, 0.2) is 0 Å². The molecule has 0 heteroatoms. The predicted octanol–water partition coefficient (Wildman–Crippen LogP) is 23.5. The van der Waals surface area contributed by atoms with E-state index in [-0.39, 0.29) is 0 Å². The van der Waals surface area contributed by atoms with Crippen molar-refractivity contribution in [2.24, 2.45) is 5.92 Å². The summed E-state index contributed by atoms with van der Waals surface area (Å²) in [5.74, 6) is 0.895. The van der Waals surface area contributed by atoms with Crippen molar-refractivity contribution in [2.75, 3.05) is 0 Å². The van der Waals surface area contributed by atoms with Crippen molar-refractivity contribution in [1.29, 1.82) is 0 Å². The van der Waals surface area contributed by atoms with E-state index in [0.717, 1.165) is 5.92 Å². The largest absolute Gasteiger partial charge is 0.0654 e. The molecule has 0 aromatic carbocycles. The maximum atomic E-state index is 2.36. The van der Waals surface area contributed by atoms with Gasteiger partial charge in [0.1, 0.15) is 0 Å². The first-order chi connectivity index (χ1) is 29.8. The van der Waals surface area contributed by atoms with E-state index in [1.54, 1.807) is 0 Å². The van der Waals surface area contributed by atoms with E-state index in [0.29, 0.717) is 0 Å². The Bertz CT molecular complexity index is 692. The second-order valence-electron chi connectivity index (χ2n) is 21.3. The Balaban J connectivity index is 3.06. The van der Waals surface area contributed by atoms with Crippen LogP contribution in [0.3, 0.4) is 0 Å². The SMILES string of the molecule is CCCCCCCCCCCCCCCCCCCCCCCCCCCCCCCCCCCCCCCCCCCCCCCCCCCCCCCCCC(C)C. The Kier molecular flexibility index (Phi) is 57.0. The van der Waals surface area contributed by atoms with Gasteiger partial charge in [0.15, 0.2) is 0 Å². The molecule has 0 nitrogen and oxygen atoms in total. The molecule has 0 amide bonds. The smallest absolute Gasteiger partial charge is 0.0471 e. The topological polar surface area (TPSA) is 0 Å². The van der Waals surface area contributed by atoms with E-state index >= 15 is 0 Å². The molecule has 0 aliphatic rings. The zero-order chi connectivity index (χ0) is 43.2. The van der Waals surface area contributed by atoms with Gasteiger partial charge in [-0.15, -0.1) is 0 Å². The second-order valence-corrected chi connectivity index (χ2v) is 21.3. The predicted molar refractivity (Wildman–Crippen MR) is 279 cm³/mol. The summed E-state index contributed by atoms with van der Waals surface area (Å²) in [6, 6.07) is 0. The minimum Gasteiger partial charge on any atom is -0.0654 e. The zero-order valence-corrected chi connectivity index (χ0v) is 43.2. The Labute approximate surface area is 384 Å². The highest BCUT2D eigenvalue weighted by Gasteiger charge is 2.00. The van der Waals surface area contributed by atoms with Crippen LogP contribution in [-0.4, -0.2) is 0 Å². The summed E-state index contributed by atoms with van der Waals surface area (Å²) in [5.41, 5.74) is 0. The van der Waals surface area contributed by atoms with E-state index in [2.05, 4.69) is 20.8 Å². The molecule has 0 heterocycles. The van der Waals surface area contributed by atoms with E-state index in [4.69, 9.17) is 0 Å². The Morgan fingerprint density at radius 3 is 0.350 bits per heavy atom. The van der Waals surface area contributed by atoms with E-state index in [1.807, 2.05) is 0 Å². The standard InChI is InChI=1S/C60H122/c1-4-5-6-7-8-9-10-11-12-13-14-15-16-17-18-19-20-21-22-23-24-25-26-27-28-29-30-31-32-33-34-35-36-37-38-39-40-41-42-43-44-45-46-47-48-49-50-51-52-53-54-55-56-57-58-59-60(2)3/h60H,4-59H2,1-3H3. The van der Waals surface area contributed by atoms with Crippen LogP contribution in [0.1, 0.15) is 380 Å². The molecule has 0 spiro atoms. The van der Waals surface area contributed by atoms with Crippen molar-refractivity contribution >= 4 is 0 Å². The number of unbranched alkanes of at least 4 members (excludes halogenated alkanes) is 54. The highest BCUT2D eigenvalue weighted by molar-refractivity contribution is 4.55. The van der Waals surface area contributed by atoms with Gasteiger partial charge < -0.3 is 0 Å². The lowest BCUT2D eigenvalue weighted by atomic mass is 10.0. The number of hydrogen-bond acceptors (Lipinski definition) is 0. The molecule has 0 N–H and O–H groups in total. The van der Waals surface area contributed by atoms with Gasteiger partial charge in [-0.05, 0) is 5.92 Å². The van der Waals surface area contributed by atoms with Gasteiger partial charge >= 0.3 is 0 Å². The van der Waals surface area contributed by atoms with Crippen LogP contribution in [-0.2, 0) is 0 Å². The zero-order valence-electron chi connectivity index (χ0n) is 43.2. The molecule has 0 aromatic rings. The molecule has 0 fully saturated rings. The van der Waals surface area contributed by atoms with Crippen molar-refractivity contribution in [2.45, 2.75) is 380 Å². The average Bonchev–Trinajstić information content (AvgIpc) is 3.25. The van der Waals surface area contributed by atoms with Crippen LogP contribution in [0.4, 0.5) is 0 Å². The summed E-state index contributed by atoms with van der Waals surface area (Å²) in [4.78, 5) is 0. The first kappa shape index (κ1) is 60.0. The van der Waals surface area contributed by atoms with E-state index in [9.17, 15) is 0 Å². The molecule has 0 aromatic heterocycles. The number of hydrogen-bond donors (Lipinski definition) is 0.